The summed E-state index contributed by atoms with van der Waals surface area (Å²) < 4.78 is 67.6. The Balaban J connectivity index is 2.23. The molecule has 0 amide bonds. The van der Waals surface area contributed by atoms with Crippen LogP contribution in [0.2, 0.25) is 0 Å². The lowest BCUT2D eigenvalue weighted by molar-refractivity contribution is -0.0540. The monoisotopic (exact) mass is 455 g/mol. The molecule has 0 atom stereocenters. The van der Waals surface area contributed by atoms with Gasteiger partial charge < -0.3 is 0 Å². The van der Waals surface area contributed by atoms with Gasteiger partial charge in [0.15, 0.2) is 5.78 Å². The zero-order valence-corrected chi connectivity index (χ0v) is 17.1. The normalized spacial score (nSPS) is 13.0. The highest BCUT2D eigenvalue weighted by Gasteiger charge is 2.57. The minimum absolute atomic E-state index is 0.244. The minimum Gasteiger partial charge on any atom is -0.293 e. The van der Waals surface area contributed by atoms with E-state index in [-0.39, 0.29) is 15.4 Å². The molecular weight excluding hydrogens is 437 g/mol. The molecule has 1 N–H and O–H groups in total. The first-order valence-electron chi connectivity index (χ1n) is 8.71. The zero-order chi connectivity index (χ0) is 21.8. The molecule has 0 saturated carbocycles. The molecule has 0 radical (unpaired) electrons. The van der Waals surface area contributed by atoms with E-state index in [1.807, 2.05) is 0 Å². The number of rotatable bonds is 7. The molecule has 0 saturated heterocycles. The Morgan fingerprint density at radius 1 is 0.733 bits per heavy atom. The van der Waals surface area contributed by atoms with Gasteiger partial charge in [-0.15, -0.1) is 8.42 Å². The molecule has 3 aromatic rings. The fraction of sp³-hybridized carbons (Fsp3) is 0.0952. The van der Waals surface area contributed by atoms with Crippen molar-refractivity contribution < 1.29 is 30.0 Å². The molecule has 0 spiro atoms. The summed E-state index contributed by atoms with van der Waals surface area (Å²) in [6.45, 7) is 0. The van der Waals surface area contributed by atoms with Gasteiger partial charge in [-0.25, -0.2) is 0 Å². The fourth-order valence-corrected chi connectivity index (χ4v) is 7.76. The molecule has 0 aliphatic rings. The first kappa shape index (κ1) is 22.1. The highest BCUT2D eigenvalue weighted by Crippen LogP contribution is 2.63. The van der Waals surface area contributed by atoms with Crippen molar-refractivity contribution >= 4 is 26.2 Å². The number of hydrogen-bond donors (Lipinski definition) is 0. The van der Waals surface area contributed by atoms with Crippen LogP contribution < -0.4 is 0 Å². The Bertz CT molecular complexity index is 1060. The second-order valence-electron chi connectivity index (χ2n) is 6.26. The van der Waals surface area contributed by atoms with Gasteiger partial charge in [0.1, 0.15) is 5.75 Å². The summed E-state index contributed by atoms with van der Waals surface area (Å²) in [5, 5.41) is 0. The van der Waals surface area contributed by atoms with E-state index in [0.717, 1.165) is 0 Å². The molecule has 0 bridgehead atoms. The number of halogens is 3. The van der Waals surface area contributed by atoms with Crippen molar-refractivity contribution in [1.82, 2.24) is 0 Å². The predicted molar refractivity (Wildman–Crippen MR) is 110 cm³/mol. The second kappa shape index (κ2) is 8.63. The van der Waals surface area contributed by atoms with Crippen molar-refractivity contribution in [2.45, 2.75) is 15.3 Å². The van der Waals surface area contributed by atoms with Crippen LogP contribution in [-0.4, -0.2) is 29.1 Å². The van der Waals surface area contributed by atoms with Gasteiger partial charge in [0.05, 0.1) is 9.79 Å². The Morgan fingerprint density at radius 3 is 1.53 bits per heavy atom. The topological polar surface area (TPSA) is 64.0 Å². The van der Waals surface area contributed by atoms with Gasteiger partial charge >= 0.3 is 15.6 Å². The van der Waals surface area contributed by atoms with E-state index in [9.17, 15) is 26.4 Å². The highest BCUT2D eigenvalue weighted by atomic mass is 32.3. The standard InChI is InChI=1S/C21H17F3O4S2/c22-21(23,24)30(26,27)28-29(18-12-6-2-7-13-18,19-14-8-3-9-15-19)16-20(25)17-10-4-1-5-11-17/h1-15H,16H2/p+1. The lowest BCUT2D eigenvalue weighted by atomic mass is 10.2. The molecule has 4 nitrogen and oxygen atoms in total. The Labute approximate surface area is 174 Å². The average Bonchev–Trinajstić information content (AvgIpc) is 2.74. The van der Waals surface area contributed by atoms with Gasteiger partial charge in [0, 0.05) is 15.9 Å². The summed E-state index contributed by atoms with van der Waals surface area (Å²) in [4.78, 5) is 13.5. The first-order valence-corrected chi connectivity index (χ1v) is 11.9. The number of hydrogen-bond acceptors (Lipinski definition) is 3. The number of carbonyl (C=O) groups is 1. The third-order valence-corrected chi connectivity index (χ3v) is 9.39. The summed E-state index contributed by atoms with van der Waals surface area (Å²) in [7, 11) is -9.14. The van der Waals surface area contributed by atoms with E-state index in [1.165, 1.54) is 36.4 Å². The van der Waals surface area contributed by atoms with Crippen molar-refractivity contribution in [1.29, 1.82) is 0 Å². The molecule has 0 aliphatic heterocycles. The van der Waals surface area contributed by atoms with Crippen LogP contribution >= 0.6 is 10.3 Å². The molecule has 9 heteroatoms. The van der Waals surface area contributed by atoms with Crippen LogP contribution in [0.3, 0.4) is 0 Å². The molecule has 3 aromatic carbocycles. The van der Waals surface area contributed by atoms with E-state index in [0.29, 0.717) is 0 Å². The van der Waals surface area contributed by atoms with E-state index >= 15 is 0 Å². The number of alkyl halides is 3. The molecule has 0 aliphatic carbocycles. The fourth-order valence-electron chi connectivity index (χ4n) is 2.81. The van der Waals surface area contributed by atoms with Crippen molar-refractivity contribution in [2.24, 2.45) is 0 Å². The van der Waals surface area contributed by atoms with Gasteiger partial charge in [-0.3, -0.25) is 8.42 Å². The largest absolute Gasteiger partial charge is 0.572 e. The van der Waals surface area contributed by atoms with Crippen LogP contribution in [0.15, 0.2) is 101 Å². The van der Waals surface area contributed by atoms with Crippen LogP contribution in [0.1, 0.15) is 10.4 Å². The summed E-state index contributed by atoms with van der Waals surface area (Å²) in [5.74, 6) is -1.01. The van der Waals surface area contributed by atoms with Crippen molar-refractivity contribution in [3.63, 3.8) is 0 Å². The van der Waals surface area contributed by atoms with Crippen molar-refractivity contribution in [3.05, 3.63) is 96.6 Å². The maximum absolute atomic E-state index is 13.3. The first-order chi connectivity index (χ1) is 14.2. The zero-order valence-electron chi connectivity index (χ0n) is 15.5. The van der Waals surface area contributed by atoms with Crippen molar-refractivity contribution in [2.75, 3.05) is 5.75 Å². The van der Waals surface area contributed by atoms with Crippen LogP contribution in [0.4, 0.5) is 13.2 Å². The molecule has 0 aromatic heterocycles. The van der Waals surface area contributed by atoms with Gasteiger partial charge in [0.2, 0.25) is 0 Å². The molecule has 0 fully saturated rings. The third-order valence-electron chi connectivity index (χ3n) is 4.22. The van der Waals surface area contributed by atoms with Crippen molar-refractivity contribution in [3.8, 4) is 0 Å². The van der Waals surface area contributed by atoms with Gasteiger partial charge in [0.25, 0.3) is 0 Å². The van der Waals surface area contributed by atoms with E-state index in [1.54, 1.807) is 54.6 Å². The number of ketones is 1. The van der Waals surface area contributed by atoms with Crippen LogP contribution in [-0.2, 0) is 10.1 Å². The quantitative estimate of drug-likeness (QED) is 0.200. The molecule has 0 heterocycles. The number of carbonyl (C=O) groups excluding carboxylic acids is 1. The molecule has 3 rings (SSSR count). The maximum Gasteiger partial charge on any atom is 0.572 e. The Kier molecular flexibility index (Phi) is 6.35. The van der Waals surface area contributed by atoms with E-state index in [2.05, 4.69) is 3.63 Å². The van der Waals surface area contributed by atoms with E-state index < -0.39 is 37.5 Å². The van der Waals surface area contributed by atoms with Gasteiger partial charge in [-0.1, -0.05) is 66.7 Å². The number of benzene rings is 3. The van der Waals surface area contributed by atoms with Crippen LogP contribution in [0.5, 0.6) is 0 Å². The lowest BCUT2D eigenvalue weighted by Crippen LogP contribution is -2.32. The predicted octanol–water partition coefficient (Wildman–Crippen LogP) is 5.65. The molecular formula is C21H18F3O4S2+. The molecule has 30 heavy (non-hydrogen) atoms. The van der Waals surface area contributed by atoms with Crippen LogP contribution in [0, 0.1) is 0 Å². The van der Waals surface area contributed by atoms with Gasteiger partial charge in [-0.2, -0.15) is 13.2 Å². The smallest absolute Gasteiger partial charge is 0.293 e. The lowest BCUT2D eigenvalue weighted by Gasteiger charge is -2.34. The third kappa shape index (κ3) is 4.58. The minimum atomic E-state index is -5.87. The van der Waals surface area contributed by atoms with E-state index in [4.69, 9.17) is 0 Å². The maximum atomic E-state index is 13.3. The summed E-state index contributed by atoms with van der Waals surface area (Å²) in [6, 6.07) is 23.6. The average molecular weight is 455 g/mol. The SMILES string of the molecule is O=C(CS([OH+]S(=O)(=O)C(F)(F)F)(c1ccccc1)c1ccccc1)c1ccccc1. The van der Waals surface area contributed by atoms with Gasteiger partial charge in [-0.05, 0) is 24.3 Å². The number of Topliss-reactive ketones (excluding diaryl/α,β-unsaturated/α-hetero) is 1. The summed E-state index contributed by atoms with van der Waals surface area (Å²) in [6.07, 6.45) is 0. The molecule has 158 valence electrons. The van der Waals surface area contributed by atoms with Crippen LogP contribution in [0.25, 0.3) is 0 Å². The second-order valence-corrected chi connectivity index (χ2v) is 10.9. The summed E-state index contributed by atoms with van der Waals surface area (Å²) in [5.41, 5.74) is -5.31. The Morgan fingerprint density at radius 2 is 1.13 bits per heavy atom. The summed E-state index contributed by atoms with van der Waals surface area (Å²) >= 11 is 0. The highest BCUT2D eigenvalue weighted by molar-refractivity contribution is 8.33. The Hall–Kier alpha value is -2.62. The molecule has 0 unspecified atom stereocenters.